The maximum Gasteiger partial charge on any atom is 0.416 e. The number of nitrogens with one attached hydrogen (secondary N) is 2. The van der Waals surface area contributed by atoms with Gasteiger partial charge in [0, 0.05) is 25.4 Å². The van der Waals surface area contributed by atoms with E-state index < -0.39 is 52.3 Å². The highest BCUT2D eigenvalue weighted by atomic mass is 19.4. The Morgan fingerprint density at radius 1 is 1.00 bits per heavy atom. The van der Waals surface area contributed by atoms with E-state index in [1.54, 1.807) is 0 Å². The Balaban J connectivity index is 2.01. The standard InChI is InChI=1S/C26H26F7N3O3/c1-39-13-12-36(21-15-18(25(28,29)30)14-19(16-21)26(31,32)33)23(38)24(8-10-34-11-9-24)35-22(37)7-4-17-2-5-20(27)6-3-17/h2-7,14-16,34H,8-13H2,1H3,(H,35,37)/b7-4+. The quantitative estimate of drug-likeness (QED) is 0.359. The molecule has 1 aliphatic heterocycles. The third-order valence-corrected chi connectivity index (χ3v) is 6.17. The molecule has 2 N–H and O–H groups in total. The maximum absolute atomic E-state index is 13.9. The van der Waals surface area contributed by atoms with E-state index >= 15 is 0 Å². The highest BCUT2D eigenvalue weighted by molar-refractivity contribution is 6.04. The highest BCUT2D eigenvalue weighted by Gasteiger charge is 2.45. The monoisotopic (exact) mass is 561 g/mol. The number of rotatable bonds is 8. The summed E-state index contributed by atoms with van der Waals surface area (Å²) in [5.74, 6) is -2.08. The molecule has 2 amide bonds. The summed E-state index contributed by atoms with van der Waals surface area (Å²) in [6, 6.07) is 6.12. The Bertz CT molecular complexity index is 1160. The van der Waals surface area contributed by atoms with Crippen LogP contribution >= 0.6 is 0 Å². The molecule has 0 spiro atoms. The molecular weight excluding hydrogens is 535 g/mol. The molecule has 1 saturated heterocycles. The fraction of sp³-hybridized carbons (Fsp3) is 0.385. The van der Waals surface area contributed by atoms with Crippen LogP contribution in [0.4, 0.5) is 36.4 Å². The molecule has 0 aliphatic carbocycles. The van der Waals surface area contributed by atoms with E-state index in [4.69, 9.17) is 4.74 Å². The smallest absolute Gasteiger partial charge is 0.383 e. The van der Waals surface area contributed by atoms with Crippen molar-refractivity contribution >= 4 is 23.6 Å². The van der Waals surface area contributed by atoms with Crippen molar-refractivity contribution in [1.82, 2.24) is 10.6 Å². The van der Waals surface area contributed by atoms with Crippen LogP contribution in [-0.2, 0) is 26.7 Å². The lowest BCUT2D eigenvalue weighted by molar-refractivity contribution is -0.143. The van der Waals surface area contributed by atoms with Crippen molar-refractivity contribution in [3.63, 3.8) is 0 Å². The summed E-state index contributed by atoms with van der Waals surface area (Å²) in [5.41, 5.74) is -4.92. The normalized spacial score (nSPS) is 15.8. The zero-order chi connectivity index (χ0) is 28.8. The minimum atomic E-state index is -5.11. The molecule has 2 aromatic rings. The van der Waals surface area contributed by atoms with Crippen LogP contribution in [0.1, 0.15) is 29.5 Å². The summed E-state index contributed by atoms with van der Waals surface area (Å²) in [7, 11) is 1.26. The van der Waals surface area contributed by atoms with Crippen molar-refractivity contribution < 1.29 is 45.1 Å². The van der Waals surface area contributed by atoms with Gasteiger partial charge >= 0.3 is 12.4 Å². The fourth-order valence-electron chi connectivity index (χ4n) is 4.15. The average molecular weight is 561 g/mol. The van der Waals surface area contributed by atoms with Gasteiger partial charge < -0.3 is 20.3 Å². The number of halogens is 7. The van der Waals surface area contributed by atoms with Crippen molar-refractivity contribution in [2.45, 2.75) is 30.7 Å². The minimum absolute atomic E-state index is 0.0230. The number of piperidine rings is 1. The fourth-order valence-corrected chi connectivity index (χ4v) is 4.15. The van der Waals surface area contributed by atoms with Gasteiger partial charge in [0.2, 0.25) is 5.91 Å². The lowest BCUT2D eigenvalue weighted by Gasteiger charge is -2.40. The molecule has 3 rings (SSSR count). The molecule has 0 saturated carbocycles. The topological polar surface area (TPSA) is 70.7 Å². The molecule has 1 aliphatic rings. The molecule has 6 nitrogen and oxygen atoms in total. The van der Waals surface area contributed by atoms with Gasteiger partial charge in [-0.1, -0.05) is 12.1 Å². The van der Waals surface area contributed by atoms with Crippen molar-refractivity contribution in [2.75, 3.05) is 38.3 Å². The number of benzene rings is 2. The number of carbonyl (C=O) groups excluding carboxylic acids is 2. The first-order valence-corrected chi connectivity index (χ1v) is 11.8. The van der Waals surface area contributed by atoms with E-state index in [0.29, 0.717) is 17.7 Å². The van der Waals surface area contributed by atoms with Crippen molar-refractivity contribution in [2.24, 2.45) is 0 Å². The molecule has 1 fully saturated rings. The molecule has 0 aromatic heterocycles. The maximum atomic E-state index is 13.9. The molecule has 13 heteroatoms. The van der Waals surface area contributed by atoms with Crippen molar-refractivity contribution in [3.05, 3.63) is 71.0 Å². The van der Waals surface area contributed by atoms with Crippen LogP contribution in [0.5, 0.6) is 0 Å². The van der Waals surface area contributed by atoms with Crippen LogP contribution in [0.15, 0.2) is 48.5 Å². The number of hydrogen-bond acceptors (Lipinski definition) is 4. The van der Waals surface area contributed by atoms with Crippen LogP contribution in [0.25, 0.3) is 6.08 Å². The van der Waals surface area contributed by atoms with Gasteiger partial charge in [0.15, 0.2) is 0 Å². The van der Waals surface area contributed by atoms with Gasteiger partial charge in [-0.2, -0.15) is 26.3 Å². The van der Waals surface area contributed by atoms with E-state index in [1.807, 2.05) is 0 Å². The number of anilines is 1. The first-order chi connectivity index (χ1) is 18.2. The summed E-state index contributed by atoms with van der Waals surface area (Å²) in [6.45, 7) is -0.0646. The van der Waals surface area contributed by atoms with Crippen LogP contribution in [-0.4, -0.2) is 50.7 Å². The van der Waals surface area contributed by atoms with Gasteiger partial charge in [0.25, 0.3) is 5.91 Å². The second kappa shape index (κ2) is 12.2. The zero-order valence-electron chi connectivity index (χ0n) is 20.8. The summed E-state index contributed by atoms with van der Waals surface area (Å²) in [5, 5.41) is 5.63. The summed E-state index contributed by atoms with van der Waals surface area (Å²) in [6.07, 6.45) is -7.70. The Kier molecular flexibility index (Phi) is 9.38. The second-order valence-corrected chi connectivity index (χ2v) is 8.92. The zero-order valence-corrected chi connectivity index (χ0v) is 20.8. The molecule has 2 aromatic carbocycles. The van der Waals surface area contributed by atoms with Gasteiger partial charge in [0.05, 0.1) is 17.7 Å². The molecule has 0 radical (unpaired) electrons. The predicted octanol–water partition coefficient (Wildman–Crippen LogP) is 4.79. The second-order valence-electron chi connectivity index (χ2n) is 8.92. The number of ether oxygens (including phenoxy) is 1. The van der Waals surface area contributed by atoms with Crippen LogP contribution in [0.2, 0.25) is 0 Å². The first-order valence-electron chi connectivity index (χ1n) is 11.8. The Hall–Kier alpha value is -3.45. The minimum Gasteiger partial charge on any atom is -0.383 e. The number of nitrogens with zero attached hydrogens (tertiary/aromatic N) is 1. The largest absolute Gasteiger partial charge is 0.416 e. The summed E-state index contributed by atoms with van der Waals surface area (Å²) in [4.78, 5) is 27.5. The van der Waals surface area contributed by atoms with Gasteiger partial charge in [-0.25, -0.2) is 4.39 Å². The predicted molar refractivity (Wildman–Crippen MR) is 129 cm³/mol. The Labute approximate surface area is 219 Å². The first kappa shape index (κ1) is 30.1. The lowest BCUT2D eigenvalue weighted by atomic mass is 9.86. The molecule has 0 bridgehead atoms. The summed E-state index contributed by atoms with van der Waals surface area (Å²) >= 11 is 0. The molecule has 0 atom stereocenters. The van der Waals surface area contributed by atoms with E-state index in [0.717, 1.165) is 11.0 Å². The Morgan fingerprint density at radius 2 is 1.56 bits per heavy atom. The number of methoxy groups -OCH3 is 1. The van der Waals surface area contributed by atoms with E-state index in [1.165, 1.54) is 37.5 Å². The molecule has 1 heterocycles. The van der Waals surface area contributed by atoms with Gasteiger partial charge in [0.1, 0.15) is 11.4 Å². The van der Waals surface area contributed by atoms with E-state index in [9.17, 15) is 40.3 Å². The van der Waals surface area contributed by atoms with Crippen molar-refractivity contribution in [1.29, 1.82) is 0 Å². The molecular formula is C26H26F7N3O3. The molecule has 0 unspecified atom stereocenters. The number of alkyl halides is 6. The van der Waals surface area contributed by atoms with Gasteiger partial charge in [-0.05, 0) is 67.9 Å². The van der Waals surface area contributed by atoms with Crippen LogP contribution in [0.3, 0.4) is 0 Å². The van der Waals surface area contributed by atoms with E-state index in [2.05, 4.69) is 10.6 Å². The third kappa shape index (κ3) is 7.79. The number of hydrogen-bond donors (Lipinski definition) is 2. The van der Waals surface area contributed by atoms with Crippen LogP contribution < -0.4 is 15.5 Å². The third-order valence-electron chi connectivity index (χ3n) is 6.17. The lowest BCUT2D eigenvalue weighted by Crippen LogP contribution is -2.63. The SMILES string of the molecule is COCCN(C(=O)C1(NC(=O)/C=C/c2ccc(F)cc2)CCNCC1)c1cc(C(F)(F)F)cc(C(F)(F)F)c1. The number of amides is 2. The average Bonchev–Trinajstić information content (AvgIpc) is 2.88. The molecule has 39 heavy (non-hydrogen) atoms. The Morgan fingerprint density at radius 3 is 2.08 bits per heavy atom. The molecule has 212 valence electrons. The van der Waals surface area contributed by atoms with Gasteiger partial charge in [-0.15, -0.1) is 0 Å². The summed E-state index contributed by atoms with van der Waals surface area (Å²) < 4.78 is 99.2. The van der Waals surface area contributed by atoms with Crippen LogP contribution in [0, 0.1) is 5.82 Å². The highest BCUT2D eigenvalue weighted by Crippen LogP contribution is 2.39. The van der Waals surface area contributed by atoms with Crippen molar-refractivity contribution in [3.8, 4) is 0 Å². The number of carbonyl (C=O) groups is 2. The van der Waals surface area contributed by atoms with Gasteiger partial charge in [-0.3, -0.25) is 9.59 Å². The van der Waals surface area contributed by atoms with E-state index in [-0.39, 0.29) is 45.1 Å².